The van der Waals surface area contributed by atoms with Crippen LogP contribution < -0.4 is 0 Å². The Balaban J connectivity index is 2.19. The van der Waals surface area contributed by atoms with Gasteiger partial charge in [0, 0.05) is 13.1 Å². The van der Waals surface area contributed by atoms with Crippen LogP contribution in [-0.4, -0.2) is 30.1 Å². The molecule has 1 N–H and O–H groups in total. The van der Waals surface area contributed by atoms with E-state index in [9.17, 15) is 0 Å². The van der Waals surface area contributed by atoms with Gasteiger partial charge in [0.25, 0.3) is 0 Å². The number of aliphatic hydroxyl groups is 1. The molecular weight excluding hydrogens is 102 g/mol. The molecule has 0 aliphatic carbocycles. The third kappa shape index (κ3) is 1.46. The predicted octanol–water partition coefficient (Wildman–Crippen LogP) is 0.616. The van der Waals surface area contributed by atoms with Gasteiger partial charge in [-0.05, 0) is 19.9 Å². The summed E-state index contributed by atoms with van der Waals surface area (Å²) < 4.78 is 0. The SMILES string of the molecule is CN1CC[C](O)CC1. The molecular formula is C6H12NO. The predicted molar refractivity (Wildman–Crippen MR) is 31.9 cm³/mol. The Morgan fingerprint density at radius 3 is 2.25 bits per heavy atom. The molecule has 0 saturated carbocycles. The number of rotatable bonds is 0. The molecule has 2 heteroatoms. The van der Waals surface area contributed by atoms with Crippen LogP contribution in [0.1, 0.15) is 12.8 Å². The number of nitrogens with zero attached hydrogens (tertiary/aromatic N) is 1. The van der Waals surface area contributed by atoms with E-state index in [4.69, 9.17) is 5.11 Å². The van der Waals surface area contributed by atoms with Crippen molar-refractivity contribution >= 4 is 0 Å². The molecule has 1 fully saturated rings. The number of likely N-dealkylation sites (tertiary alicyclic amines) is 1. The molecule has 1 heterocycles. The first kappa shape index (κ1) is 6.05. The summed E-state index contributed by atoms with van der Waals surface area (Å²) in [4.78, 5) is 2.22. The normalized spacial score (nSPS) is 26.2. The zero-order valence-corrected chi connectivity index (χ0v) is 5.22. The average Bonchev–Trinajstić information content (AvgIpc) is 1.77. The number of piperidine rings is 1. The maximum atomic E-state index is 8.92. The molecule has 0 amide bonds. The molecule has 0 aromatic heterocycles. The number of aliphatic hydroxyl groups excluding tert-OH is 1. The molecule has 1 rings (SSSR count). The van der Waals surface area contributed by atoms with Gasteiger partial charge in [-0.15, -0.1) is 0 Å². The van der Waals surface area contributed by atoms with Gasteiger partial charge in [-0.25, -0.2) is 0 Å². The molecule has 0 atom stereocenters. The van der Waals surface area contributed by atoms with Crippen molar-refractivity contribution in [2.45, 2.75) is 12.8 Å². The summed E-state index contributed by atoms with van der Waals surface area (Å²) in [7, 11) is 2.08. The lowest BCUT2D eigenvalue weighted by Crippen LogP contribution is -2.28. The summed E-state index contributed by atoms with van der Waals surface area (Å²) in [6.07, 6.45) is 2.41. The lowest BCUT2D eigenvalue weighted by Gasteiger charge is -2.24. The minimum atomic E-state index is 0.670. The summed E-state index contributed by atoms with van der Waals surface area (Å²) >= 11 is 0. The standard InChI is InChI=1S/C6H12NO/c1-7-4-2-6(8)3-5-7/h8H,2-5H2,1H3. The summed E-state index contributed by atoms with van der Waals surface area (Å²) in [5, 5.41) is 8.92. The fraction of sp³-hybridized carbons (Fsp3) is 0.833. The highest BCUT2D eigenvalue weighted by atomic mass is 16.3. The van der Waals surface area contributed by atoms with E-state index >= 15 is 0 Å². The van der Waals surface area contributed by atoms with E-state index in [1.54, 1.807) is 0 Å². The third-order valence-electron chi connectivity index (χ3n) is 1.56. The zero-order valence-electron chi connectivity index (χ0n) is 5.22. The van der Waals surface area contributed by atoms with Crippen molar-refractivity contribution in [1.82, 2.24) is 4.90 Å². The molecule has 8 heavy (non-hydrogen) atoms. The Kier molecular flexibility index (Phi) is 1.86. The monoisotopic (exact) mass is 114 g/mol. The fourth-order valence-corrected chi connectivity index (χ4v) is 0.877. The van der Waals surface area contributed by atoms with E-state index in [1.807, 2.05) is 0 Å². The molecule has 0 aromatic carbocycles. The van der Waals surface area contributed by atoms with Gasteiger partial charge in [0.1, 0.15) is 0 Å². The van der Waals surface area contributed by atoms with Crippen molar-refractivity contribution in [2.24, 2.45) is 0 Å². The Morgan fingerprint density at radius 1 is 1.38 bits per heavy atom. The fourth-order valence-electron chi connectivity index (χ4n) is 0.877. The van der Waals surface area contributed by atoms with E-state index in [-0.39, 0.29) is 0 Å². The Labute approximate surface area is 50.1 Å². The van der Waals surface area contributed by atoms with Crippen molar-refractivity contribution in [1.29, 1.82) is 0 Å². The quantitative estimate of drug-likeness (QED) is 0.499. The molecule has 1 aliphatic rings. The van der Waals surface area contributed by atoms with Crippen molar-refractivity contribution in [3.63, 3.8) is 0 Å². The summed E-state index contributed by atoms with van der Waals surface area (Å²) in [5.74, 6) is 0. The maximum Gasteiger partial charge on any atom is 0.0958 e. The highest BCUT2D eigenvalue weighted by Gasteiger charge is 2.13. The van der Waals surface area contributed by atoms with E-state index in [1.165, 1.54) is 0 Å². The number of hydrogen-bond donors (Lipinski definition) is 1. The van der Waals surface area contributed by atoms with Crippen LogP contribution in [0, 0.1) is 6.10 Å². The second kappa shape index (κ2) is 2.46. The van der Waals surface area contributed by atoms with Crippen LogP contribution in [0.5, 0.6) is 0 Å². The van der Waals surface area contributed by atoms with Crippen LogP contribution in [0.25, 0.3) is 0 Å². The molecule has 0 unspecified atom stereocenters. The summed E-state index contributed by atoms with van der Waals surface area (Å²) in [5.41, 5.74) is 0. The van der Waals surface area contributed by atoms with Gasteiger partial charge in [-0.1, -0.05) is 0 Å². The molecule has 0 spiro atoms. The van der Waals surface area contributed by atoms with Gasteiger partial charge in [-0.3, -0.25) is 0 Å². The molecule has 1 aliphatic heterocycles. The zero-order chi connectivity index (χ0) is 5.98. The second-order valence-electron chi connectivity index (χ2n) is 2.37. The maximum absolute atomic E-state index is 8.92. The molecule has 47 valence electrons. The lowest BCUT2D eigenvalue weighted by atomic mass is 10.1. The van der Waals surface area contributed by atoms with Crippen molar-refractivity contribution in [2.75, 3.05) is 20.1 Å². The van der Waals surface area contributed by atoms with Crippen LogP contribution in [0.2, 0.25) is 0 Å². The number of hydrogen-bond acceptors (Lipinski definition) is 2. The van der Waals surface area contributed by atoms with Gasteiger partial charge < -0.3 is 10.0 Å². The second-order valence-corrected chi connectivity index (χ2v) is 2.37. The Morgan fingerprint density at radius 2 is 1.88 bits per heavy atom. The molecule has 2 nitrogen and oxygen atoms in total. The first-order chi connectivity index (χ1) is 3.79. The van der Waals surface area contributed by atoms with Crippen molar-refractivity contribution in [3.05, 3.63) is 6.10 Å². The average molecular weight is 114 g/mol. The highest BCUT2D eigenvalue weighted by molar-refractivity contribution is 4.82. The van der Waals surface area contributed by atoms with Crippen molar-refractivity contribution in [3.8, 4) is 0 Å². The van der Waals surface area contributed by atoms with Crippen molar-refractivity contribution < 1.29 is 5.11 Å². The van der Waals surface area contributed by atoms with E-state index in [2.05, 4.69) is 11.9 Å². The minimum Gasteiger partial charge on any atom is -0.387 e. The van der Waals surface area contributed by atoms with E-state index in [0.717, 1.165) is 25.9 Å². The van der Waals surface area contributed by atoms with Gasteiger partial charge in [0.05, 0.1) is 6.10 Å². The van der Waals surface area contributed by atoms with Gasteiger partial charge in [0.2, 0.25) is 0 Å². The van der Waals surface area contributed by atoms with Gasteiger partial charge >= 0.3 is 0 Å². The third-order valence-corrected chi connectivity index (χ3v) is 1.56. The van der Waals surface area contributed by atoms with Crippen LogP contribution in [0.3, 0.4) is 0 Å². The first-order valence-corrected chi connectivity index (χ1v) is 3.01. The van der Waals surface area contributed by atoms with E-state index < -0.39 is 0 Å². The minimum absolute atomic E-state index is 0.670. The van der Waals surface area contributed by atoms with Crippen LogP contribution in [0.4, 0.5) is 0 Å². The molecule has 1 radical (unpaired) electrons. The summed E-state index contributed by atoms with van der Waals surface area (Å²) in [6, 6.07) is 0. The van der Waals surface area contributed by atoms with Crippen LogP contribution >= 0.6 is 0 Å². The topological polar surface area (TPSA) is 23.5 Å². The largest absolute Gasteiger partial charge is 0.387 e. The summed E-state index contributed by atoms with van der Waals surface area (Å²) in [6.45, 7) is 2.04. The smallest absolute Gasteiger partial charge is 0.0958 e. The van der Waals surface area contributed by atoms with E-state index in [0.29, 0.717) is 6.10 Å². The first-order valence-electron chi connectivity index (χ1n) is 3.01. The lowest BCUT2D eigenvalue weighted by molar-refractivity contribution is 0.181. The highest BCUT2D eigenvalue weighted by Crippen LogP contribution is 2.13. The van der Waals surface area contributed by atoms with Crippen LogP contribution in [0.15, 0.2) is 0 Å². The molecule has 0 aromatic rings. The Hall–Kier alpha value is -0.0800. The van der Waals surface area contributed by atoms with Gasteiger partial charge in [-0.2, -0.15) is 0 Å². The van der Waals surface area contributed by atoms with Gasteiger partial charge in [0.15, 0.2) is 0 Å². The van der Waals surface area contributed by atoms with Crippen LogP contribution in [-0.2, 0) is 0 Å². The Bertz CT molecular complexity index is 56.9. The molecule has 1 saturated heterocycles. The molecule has 0 bridgehead atoms.